The van der Waals surface area contributed by atoms with Gasteiger partial charge in [0.25, 0.3) is 0 Å². The largest absolute Gasteiger partial charge is 0.508 e. The quantitative estimate of drug-likeness (QED) is 0.903. The van der Waals surface area contributed by atoms with Gasteiger partial charge in [-0.25, -0.2) is 0 Å². The molecule has 3 heteroatoms. The van der Waals surface area contributed by atoms with Crippen LogP contribution in [-0.2, 0) is 6.42 Å². The molecule has 2 nitrogen and oxygen atoms in total. The number of hydrogen-bond acceptors (Lipinski definition) is 2. The van der Waals surface area contributed by atoms with Crippen molar-refractivity contribution in [1.82, 2.24) is 5.32 Å². The van der Waals surface area contributed by atoms with Crippen molar-refractivity contribution in [3.05, 3.63) is 64.1 Å². The van der Waals surface area contributed by atoms with E-state index in [4.69, 9.17) is 0 Å². The summed E-state index contributed by atoms with van der Waals surface area (Å²) in [7, 11) is 1.97. The summed E-state index contributed by atoms with van der Waals surface area (Å²) in [6.07, 6.45) is 0.901. The molecular weight excluding hydrogens is 290 g/mol. The Morgan fingerprint density at radius 3 is 2.22 bits per heavy atom. The number of nitrogens with one attached hydrogen (secondary N) is 1. The minimum absolute atomic E-state index is 0.280. The number of benzene rings is 2. The first kappa shape index (κ1) is 13.1. The highest BCUT2D eigenvalue weighted by Gasteiger charge is 2.09. The van der Waals surface area contributed by atoms with Crippen molar-refractivity contribution in [3.63, 3.8) is 0 Å². The number of likely N-dealkylation sites (N-methyl/N-ethyl adjacent to an activating group) is 1. The molecule has 0 amide bonds. The van der Waals surface area contributed by atoms with Crippen LogP contribution in [0.25, 0.3) is 0 Å². The molecule has 0 aliphatic heterocycles. The zero-order chi connectivity index (χ0) is 13.0. The highest BCUT2D eigenvalue weighted by Crippen LogP contribution is 2.21. The smallest absolute Gasteiger partial charge is 0.115 e. The van der Waals surface area contributed by atoms with Crippen molar-refractivity contribution >= 4 is 15.9 Å². The van der Waals surface area contributed by atoms with E-state index in [0.29, 0.717) is 5.75 Å². The second-order valence-corrected chi connectivity index (χ2v) is 5.18. The van der Waals surface area contributed by atoms with E-state index in [1.165, 1.54) is 11.1 Å². The Bertz CT molecular complexity index is 493. The number of hydrogen-bond donors (Lipinski definition) is 2. The van der Waals surface area contributed by atoms with Gasteiger partial charge in [-0.1, -0.05) is 40.2 Å². The molecule has 2 rings (SSSR count). The van der Waals surface area contributed by atoms with Crippen LogP contribution < -0.4 is 5.32 Å². The van der Waals surface area contributed by atoms with Crippen LogP contribution in [0.1, 0.15) is 17.2 Å². The number of aromatic hydroxyl groups is 1. The molecule has 94 valence electrons. The fraction of sp³-hybridized carbons (Fsp3) is 0.200. The standard InChI is InChI=1S/C15H16BrNO/c1-17-15(12-4-6-13(16)7-5-12)10-11-2-8-14(18)9-3-11/h2-9,15,17-18H,10H2,1H3. The second kappa shape index (κ2) is 6.03. The number of halogens is 1. The summed E-state index contributed by atoms with van der Waals surface area (Å²) in [5.74, 6) is 0.309. The van der Waals surface area contributed by atoms with Gasteiger partial charge in [-0.05, 0) is 48.9 Å². The number of phenols is 1. The van der Waals surface area contributed by atoms with Crippen molar-refractivity contribution in [2.45, 2.75) is 12.5 Å². The van der Waals surface area contributed by atoms with E-state index in [2.05, 4.69) is 45.5 Å². The normalized spacial score (nSPS) is 12.3. The van der Waals surface area contributed by atoms with Crippen molar-refractivity contribution < 1.29 is 5.11 Å². The van der Waals surface area contributed by atoms with Gasteiger partial charge in [0, 0.05) is 10.5 Å². The molecule has 18 heavy (non-hydrogen) atoms. The molecule has 0 aromatic heterocycles. The Labute approximate surface area is 116 Å². The first-order chi connectivity index (χ1) is 8.69. The fourth-order valence-electron chi connectivity index (χ4n) is 1.95. The maximum Gasteiger partial charge on any atom is 0.115 e. The van der Waals surface area contributed by atoms with Gasteiger partial charge in [0.05, 0.1) is 0 Å². The first-order valence-corrected chi connectivity index (χ1v) is 6.69. The molecule has 0 fully saturated rings. The lowest BCUT2D eigenvalue weighted by Crippen LogP contribution is -2.18. The predicted molar refractivity (Wildman–Crippen MR) is 77.8 cm³/mol. The van der Waals surface area contributed by atoms with Crippen LogP contribution >= 0.6 is 15.9 Å². The zero-order valence-corrected chi connectivity index (χ0v) is 11.8. The molecule has 0 saturated carbocycles. The third-order valence-corrected chi connectivity index (χ3v) is 3.53. The molecule has 0 radical (unpaired) electrons. The zero-order valence-electron chi connectivity index (χ0n) is 10.2. The van der Waals surface area contributed by atoms with Gasteiger partial charge in [0.2, 0.25) is 0 Å². The van der Waals surface area contributed by atoms with Gasteiger partial charge in [0.1, 0.15) is 5.75 Å². The molecule has 0 spiro atoms. The van der Waals surface area contributed by atoms with Gasteiger partial charge in [0.15, 0.2) is 0 Å². The Kier molecular flexibility index (Phi) is 4.39. The van der Waals surface area contributed by atoms with Crippen LogP contribution in [-0.4, -0.2) is 12.2 Å². The fourth-order valence-corrected chi connectivity index (χ4v) is 2.21. The molecule has 1 unspecified atom stereocenters. The molecule has 0 heterocycles. The molecule has 0 aliphatic rings. The lowest BCUT2D eigenvalue weighted by molar-refractivity contribution is 0.475. The summed E-state index contributed by atoms with van der Waals surface area (Å²) < 4.78 is 1.09. The maximum absolute atomic E-state index is 9.27. The van der Waals surface area contributed by atoms with Crippen LogP contribution in [0.2, 0.25) is 0 Å². The van der Waals surface area contributed by atoms with Crippen LogP contribution in [0.5, 0.6) is 5.75 Å². The van der Waals surface area contributed by atoms with Crippen LogP contribution in [0, 0.1) is 0 Å². The molecule has 2 aromatic rings. The average molecular weight is 306 g/mol. The number of rotatable bonds is 4. The first-order valence-electron chi connectivity index (χ1n) is 5.89. The van der Waals surface area contributed by atoms with Gasteiger partial charge in [-0.2, -0.15) is 0 Å². The third kappa shape index (κ3) is 3.34. The highest BCUT2D eigenvalue weighted by molar-refractivity contribution is 9.10. The lowest BCUT2D eigenvalue weighted by atomic mass is 9.99. The molecule has 0 bridgehead atoms. The Morgan fingerprint density at radius 2 is 1.67 bits per heavy atom. The van der Waals surface area contributed by atoms with Crippen molar-refractivity contribution in [2.24, 2.45) is 0 Å². The van der Waals surface area contributed by atoms with E-state index in [1.807, 2.05) is 19.2 Å². The predicted octanol–water partition coefficient (Wildman–Crippen LogP) is 3.66. The summed E-state index contributed by atoms with van der Waals surface area (Å²) in [5, 5.41) is 12.6. The molecule has 2 N–H and O–H groups in total. The molecule has 2 aromatic carbocycles. The second-order valence-electron chi connectivity index (χ2n) is 4.26. The molecule has 1 atom stereocenters. The van der Waals surface area contributed by atoms with Crippen molar-refractivity contribution in [3.8, 4) is 5.75 Å². The Balaban J connectivity index is 2.14. The molecular formula is C15H16BrNO. The van der Waals surface area contributed by atoms with Crippen LogP contribution in [0.4, 0.5) is 0 Å². The molecule has 0 saturated heterocycles. The summed E-state index contributed by atoms with van der Waals surface area (Å²) in [5.41, 5.74) is 2.46. The summed E-state index contributed by atoms with van der Waals surface area (Å²) in [6.45, 7) is 0. The summed E-state index contributed by atoms with van der Waals surface area (Å²) in [6, 6.07) is 16.0. The lowest BCUT2D eigenvalue weighted by Gasteiger charge is -2.17. The molecule has 0 aliphatic carbocycles. The highest BCUT2D eigenvalue weighted by atomic mass is 79.9. The van der Waals surface area contributed by atoms with Crippen molar-refractivity contribution in [1.29, 1.82) is 0 Å². The van der Waals surface area contributed by atoms with Gasteiger partial charge >= 0.3 is 0 Å². The van der Waals surface area contributed by atoms with Gasteiger partial charge in [-0.15, -0.1) is 0 Å². The SMILES string of the molecule is CNC(Cc1ccc(O)cc1)c1ccc(Br)cc1. The van der Waals surface area contributed by atoms with Gasteiger partial charge < -0.3 is 10.4 Å². The minimum Gasteiger partial charge on any atom is -0.508 e. The van der Waals surface area contributed by atoms with E-state index in [-0.39, 0.29) is 6.04 Å². The van der Waals surface area contributed by atoms with Gasteiger partial charge in [-0.3, -0.25) is 0 Å². The Morgan fingerprint density at radius 1 is 1.06 bits per heavy atom. The van der Waals surface area contributed by atoms with Crippen LogP contribution in [0.3, 0.4) is 0 Å². The summed E-state index contributed by atoms with van der Waals surface area (Å²) >= 11 is 3.44. The maximum atomic E-state index is 9.27. The van der Waals surface area contributed by atoms with Crippen LogP contribution in [0.15, 0.2) is 53.0 Å². The summed E-state index contributed by atoms with van der Waals surface area (Å²) in [4.78, 5) is 0. The van der Waals surface area contributed by atoms with E-state index in [0.717, 1.165) is 10.9 Å². The Hall–Kier alpha value is -1.32. The average Bonchev–Trinajstić information content (AvgIpc) is 2.39. The minimum atomic E-state index is 0.280. The monoisotopic (exact) mass is 305 g/mol. The number of phenolic OH excluding ortho intramolecular Hbond substituents is 1. The third-order valence-electron chi connectivity index (χ3n) is 3.00. The van der Waals surface area contributed by atoms with E-state index >= 15 is 0 Å². The van der Waals surface area contributed by atoms with E-state index < -0.39 is 0 Å². The van der Waals surface area contributed by atoms with Crippen molar-refractivity contribution in [2.75, 3.05) is 7.05 Å². The topological polar surface area (TPSA) is 32.3 Å². The van der Waals surface area contributed by atoms with E-state index in [1.54, 1.807) is 12.1 Å². The van der Waals surface area contributed by atoms with E-state index in [9.17, 15) is 5.11 Å².